The van der Waals surface area contributed by atoms with Crippen molar-refractivity contribution in [3.8, 4) is 0 Å². The molecule has 0 unspecified atom stereocenters. The van der Waals surface area contributed by atoms with Crippen molar-refractivity contribution in [2.75, 3.05) is 11.1 Å². The Bertz CT molecular complexity index is 588. The maximum atomic E-state index is 11.7. The second-order valence-corrected chi connectivity index (χ2v) is 4.34. The summed E-state index contributed by atoms with van der Waals surface area (Å²) in [5, 5.41) is 2.88. The number of nitrogens with one attached hydrogen (secondary N) is 1. The predicted molar refractivity (Wildman–Crippen MR) is 74.8 cm³/mol. The van der Waals surface area contributed by atoms with Crippen molar-refractivity contribution in [2.45, 2.75) is 12.8 Å². The van der Waals surface area contributed by atoms with Gasteiger partial charge in [-0.25, -0.2) is 9.97 Å². The third-order valence-electron chi connectivity index (χ3n) is 2.55. The molecule has 0 aliphatic rings. The van der Waals surface area contributed by atoms with Crippen LogP contribution < -0.4 is 11.1 Å². The number of nitrogen functional groups attached to an aromatic ring is 1. The number of anilines is 2. The molecular weight excluding hydrogens is 264 g/mol. The number of carbonyl (C=O) groups is 1. The minimum Gasteiger partial charge on any atom is -0.399 e. The van der Waals surface area contributed by atoms with E-state index in [9.17, 15) is 4.79 Å². The van der Waals surface area contributed by atoms with Crippen molar-refractivity contribution >= 4 is 29.1 Å². The summed E-state index contributed by atoms with van der Waals surface area (Å²) < 4.78 is 0. The third kappa shape index (κ3) is 3.93. The van der Waals surface area contributed by atoms with E-state index in [1.807, 2.05) is 24.3 Å². The standard InChI is InChI=1S/C13H13ClN4O/c14-11-7-8-16-13(17-11)18-12(19)6-5-9-3-1-2-4-10(9)15/h1-4,7-8H,5-6,15H2,(H,16,17,18,19). The molecule has 0 bridgehead atoms. The van der Waals surface area contributed by atoms with Crippen LogP contribution in [-0.4, -0.2) is 15.9 Å². The van der Waals surface area contributed by atoms with E-state index in [0.717, 1.165) is 5.56 Å². The molecule has 0 spiro atoms. The normalized spacial score (nSPS) is 10.2. The monoisotopic (exact) mass is 276 g/mol. The van der Waals surface area contributed by atoms with Crippen LogP contribution in [0.25, 0.3) is 0 Å². The molecule has 0 fully saturated rings. The van der Waals surface area contributed by atoms with Crippen molar-refractivity contribution in [1.29, 1.82) is 0 Å². The maximum absolute atomic E-state index is 11.7. The highest BCUT2D eigenvalue weighted by molar-refractivity contribution is 6.29. The lowest BCUT2D eigenvalue weighted by Gasteiger charge is -2.05. The summed E-state index contributed by atoms with van der Waals surface area (Å²) in [6.07, 6.45) is 2.36. The first-order valence-corrected chi connectivity index (χ1v) is 6.15. The van der Waals surface area contributed by atoms with Crippen molar-refractivity contribution in [3.63, 3.8) is 0 Å². The molecule has 5 nitrogen and oxygen atoms in total. The smallest absolute Gasteiger partial charge is 0.230 e. The van der Waals surface area contributed by atoms with E-state index in [2.05, 4.69) is 15.3 Å². The fraction of sp³-hybridized carbons (Fsp3) is 0.154. The first kappa shape index (κ1) is 13.3. The van der Waals surface area contributed by atoms with E-state index < -0.39 is 0 Å². The highest BCUT2D eigenvalue weighted by Crippen LogP contribution is 2.13. The predicted octanol–water partition coefficient (Wildman–Crippen LogP) is 2.28. The van der Waals surface area contributed by atoms with Crippen LogP contribution in [0.2, 0.25) is 5.15 Å². The van der Waals surface area contributed by atoms with Gasteiger partial charge in [0.1, 0.15) is 5.15 Å². The van der Waals surface area contributed by atoms with Gasteiger partial charge in [-0.1, -0.05) is 29.8 Å². The summed E-state index contributed by atoms with van der Waals surface area (Å²) in [4.78, 5) is 19.5. The number of nitrogens with two attached hydrogens (primary N) is 1. The Morgan fingerprint density at radius 3 is 2.84 bits per heavy atom. The van der Waals surface area contributed by atoms with Crippen LogP contribution in [0.3, 0.4) is 0 Å². The van der Waals surface area contributed by atoms with E-state index in [0.29, 0.717) is 18.5 Å². The van der Waals surface area contributed by atoms with Crippen molar-refractivity contribution in [3.05, 3.63) is 47.2 Å². The highest BCUT2D eigenvalue weighted by atomic mass is 35.5. The number of para-hydroxylation sites is 1. The minimum absolute atomic E-state index is 0.175. The van der Waals surface area contributed by atoms with Gasteiger partial charge in [0.15, 0.2) is 0 Å². The fourth-order valence-electron chi connectivity index (χ4n) is 1.59. The number of carbonyl (C=O) groups excluding carboxylic acids is 1. The van der Waals surface area contributed by atoms with Crippen LogP contribution in [0, 0.1) is 0 Å². The van der Waals surface area contributed by atoms with Gasteiger partial charge in [-0.05, 0) is 24.1 Å². The zero-order chi connectivity index (χ0) is 13.7. The zero-order valence-corrected chi connectivity index (χ0v) is 10.9. The lowest BCUT2D eigenvalue weighted by Crippen LogP contribution is -2.14. The first-order valence-electron chi connectivity index (χ1n) is 5.77. The van der Waals surface area contributed by atoms with Crippen LogP contribution in [-0.2, 0) is 11.2 Å². The summed E-state index contributed by atoms with van der Waals surface area (Å²) in [6.45, 7) is 0. The molecule has 0 saturated carbocycles. The van der Waals surface area contributed by atoms with Crippen LogP contribution in [0.5, 0.6) is 0 Å². The van der Waals surface area contributed by atoms with Gasteiger partial charge in [0.2, 0.25) is 11.9 Å². The zero-order valence-electron chi connectivity index (χ0n) is 10.1. The summed E-state index contributed by atoms with van der Waals surface area (Å²) in [5.74, 6) is 0.0315. The van der Waals surface area contributed by atoms with E-state index >= 15 is 0 Å². The second-order valence-electron chi connectivity index (χ2n) is 3.95. The van der Waals surface area contributed by atoms with Gasteiger partial charge in [0, 0.05) is 18.3 Å². The Balaban J connectivity index is 1.90. The molecule has 19 heavy (non-hydrogen) atoms. The molecule has 98 valence electrons. The van der Waals surface area contributed by atoms with E-state index in [-0.39, 0.29) is 17.0 Å². The highest BCUT2D eigenvalue weighted by Gasteiger charge is 2.06. The number of hydrogen-bond donors (Lipinski definition) is 2. The number of aryl methyl sites for hydroxylation is 1. The summed E-state index contributed by atoms with van der Waals surface area (Å²) >= 11 is 5.70. The molecule has 1 aromatic heterocycles. The Kier molecular flexibility index (Phi) is 4.30. The van der Waals surface area contributed by atoms with Crippen LogP contribution in [0.15, 0.2) is 36.5 Å². The average Bonchev–Trinajstić information content (AvgIpc) is 2.38. The fourth-order valence-corrected chi connectivity index (χ4v) is 1.73. The molecule has 0 atom stereocenters. The van der Waals surface area contributed by atoms with Gasteiger partial charge >= 0.3 is 0 Å². The van der Waals surface area contributed by atoms with Crippen LogP contribution in [0.4, 0.5) is 11.6 Å². The Morgan fingerprint density at radius 2 is 2.11 bits per heavy atom. The number of rotatable bonds is 4. The number of halogens is 1. The second kappa shape index (κ2) is 6.15. The number of amides is 1. The molecule has 0 radical (unpaired) electrons. The molecule has 0 aliphatic carbocycles. The van der Waals surface area contributed by atoms with Crippen LogP contribution in [0.1, 0.15) is 12.0 Å². The van der Waals surface area contributed by atoms with Crippen molar-refractivity contribution < 1.29 is 4.79 Å². The lowest BCUT2D eigenvalue weighted by molar-refractivity contribution is -0.116. The summed E-state index contributed by atoms with van der Waals surface area (Å²) in [6, 6.07) is 9.01. The molecule has 2 rings (SSSR count). The molecule has 1 aromatic carbocycles. The largest absolute Gasteiger partial charge is 0.399 e. The van der Waals surface area contributed by atoms with E-state index in [1.54, 1.807) is 6.07 Å². The first-order chi connectivity index (χ1) is 9.15. The Labute approximate surface area is 115 Å². The molecule has 0 saturated heterocycles. The van der Waals surface area contributed by atoms with Gasteiger partial charge in [-0.15, -0.1) is 0 Å². The Hall–Kier alpha value is -2.14. The SMILES string of the molecule is Nc1ccccc1CCC(=O)Nc1nccc(Cl)n1. The van der Waals surface area contributed by atoms with Crippen molar-refractivity contribution in [2.24, 2.45) is 0 Å². The maximum Gasteiger partial charge on any atom is 0.230 e. The van der Waals surface area contributed by atoms with Gasteiger partial charge in [0.05, 0.1) is 0 Å². The number of aromatic nitrogens is 2. The topological polar surface area (TPSA) is 80.9 Å². The quantitative estimate of drug-likeness (QED) is 0.663. The van der Waals surface area contributed by atoms with Gasteiger partial charge < -0.3 is 5.73 Å². The molecule has 0 aliphatic heterocycles. The summed E-state index contributed by atoms with van der Waals surface area (Å²) in [5.41, 5.74) is 7.44. The molecule has 1 heterocycles. The van der Waals surface area contributed by atoms with E-state index in [4.69, 9.17) is 17.3 Å². The number of benzene rings is 1. The molecular formula is C13H13ClN4O. The van der Waals surface area contributed by atoms with Gasteiger partial charge in [-0.2, -0.15) is 0 Å². The van der Waals surface area contributed by atoms with Gasteiger partial charge in [0.25, 0.3) is 0 Å². The number of nitrogens with zero attached hydrogens (tertiary/aromatic N) is 2. The van der Waals surface area contributed by atoms with Gasteiger partial charge in [-0.3, -0.25) is 10.1 Å². The van der Waals surface area contributed by atoms with E-state index in [1.165, 1.54) is 6.20 Å². The third-order valence-corrected chi connectivity index (χ3v) is 2.76. The number of hydrogen-bond acceptors (Lipinski definition) is 4. The molecule has 2 aromatic rings. The lowest BCUT2D eigenvalue weighted by atomic mass is 10.1. The summed E-state index contributed by atoms with van der Waals surface area (Å²) in [7, 11) is 0. The van der Waals surface area contributed by atoms with Crippen molar-refractivity contribution in [1.82, 2.24) is 9.97 Å². The average molecular weight is 277 g/mol. The minimum atomic E-state index is -0.175. The molecule has 3 N–H and O–H groups in total. The Morgan fingerprint density at radius 1 is 1.32 bits per heavy atom. The molecule has 6 heteroatoms. The van der Waals surface area contributed by atoms with Crippen LogP contribution >= 0.6 is 11.6 Å². The molecule has 1 amide bonds.